The van der Waals surface area contributed by atoms with Gasteiger partial charge in [0.15, 0.2) is 6.10 Å². The molecular weight excluding hydrogens is 477 g/mol. The fourth-order valence-electron chi connectivity index (χ4n) is 3.37. The van der Waals surface area contributed by atoms with Gasteiger partial charge in [-0.25, -0.2) is 14.6 Å². The molecule has 2 unspecified atom stereocenters. The van der Waals surface area contributed by atoms with Crippen LogP contribution >= 0.6 is 7.52 Å². The van der Waals surface area contributed by atoms with Crippen LogP contribution in [0.2, 0.25) is 0 Å². The van der Waals surface area contributed by atoms with E-state index in [2.05, 4.69) is 10.2 Å². The summed E-state index contributed by atoms with van der Waals surface area (Å²) in [6, 6.07) is 15.9. The summed E-state index contributed by atoms with van der Waals surface area (Å²) in [6.45, 7) is 3.12. The van der Waals surface area contributed by atoms with Crippen LogP contribution in [-0.2, 0) is 18.8 Å². The minimum Gasteiger partial charge on any atom is -0.480 e. The zero-order valence-electron chi connectivity index (χ0n) is 19.3. The van der Waals surface area contributed by atoms with Gasteiger partial charge in [0, 0.05) is 7.11 Å². The molecular formula is C23H26N3O8P. The molecule has 0 aliphatic rings. The van der Waals surface area contributed by atoms with Crippen LogP contribution in [0.3, 0.4) is 0 Å². The predicted molar refractivity (Wildman–Crippen MR) is 126 cm³/mol. The Morgan fingerprint density at radius 2 is 1.77 bits per heavy atom. The normalized spacial score (nSPS) is 14.5. The molecule has 1 aromatic heterocycles. The van der Waals surface area contributed by atoms with Crippen LogP contribution < -0.4 is 9.61 Å². The molecule has 35 heavy (non-hydrogen) atoms. The Morgan fingerprint density at radius 1 is 1.11 bits per heavy atom. The van der Waals surface area contributed by atoms with E-state index in [1.165, 1.54) is 26.2 Å². The number of carboxylic acids is 1. The van der Waals surface area contributed by atoms with E-state index < -0.39 is 31.8 Å². The number of methoxy groups -OCH3 is 1. The number of nitrogens with one attached hydrogen (secondary N) is 1. The lowest BCUT2D eigenvalue weighted by Crippen LogP contribution is -2.33. The van der Waals surface area contributed by atoms with Crippen molar-refractivity contribution in [1.29, 1.82) is 0 Å². The first-order valence-electron chi connectivity index (χ1n) is 10.5. The van der Waals surface area contributed by atoms with E-state index in [0.29, 0.717) is 17.0 Å². The van der Waals surface area contributed by atoms with E-state index in [1.807, 2.05) is 30.3 Å². The highest BCUT2D eigenvalue weighted by molar-refractivity contribution is 7.57. The van der Waals surface area contributed by atoms with Gasteiger partial charge in [0.05, 0.1) is 17.1 Å². The number of para-hydroxylation sites is 1. The summed E-state index contributed by atoms with van der Waals surface area (Å²) in [6.07, 6.45) is -2.84. The highest BCUT2D eigenvalue weighted by Crippen LogP contribution is 2.44. The second-order valence-corrected chi connectivity index (χ2v) is 9.71. The Kier molecular flexibility index (Phi) is 8.29. The highest BCUT2D eigenvalue weighted by atomic mass is 31.2. The van der Waals surface area contributed by atoms with Crippen LogP contribution in [0, 0.1) is 6.92 Å². The van der Waals surface area contributed by atoms with Gasteiger partial charge in [-0.1, -0.05) is 30.3 Å². The van der Waals surface area contributed by atoms with Crippen molar-refractivity contribution in [2.75, 3.05) is 13.5 Å². The number of aliphatic carboxylic acids is 1. The second kappa shape index (κ2) is 11.2. The third kappa shape index (κ3) is 6.69. The summed E-state index contributed by atoms with van der Waals surface area (Å²) in [7, 11) is -2.39. The first kappa shape index (κ1) is 26.0. The average molecular weight is 503 g/mol. The van der Waals surface area contributed by atoms with Crippen LogP contribution in [0.25, 0.3) is 5.69 Å². The molecule has 0 aliphatic heterocycles. The first-order valence-corrected chi connectivity index (χ1v) is 12.3. The van der Waals surface area contributed by atoms with E-state index in [9.17, 15) is 19.3 Å². The minimum atomic E-state index is -3.71. The van der Waals surface area contributed by atoms with Crippen LogP contribution in [0.15, 0.2) is 60.7 Å². The molecule has 12 heteroatoms. The van der Waals surface area contributed by atoms with Crippen LogP contribution in [0.5, 0.6) is 5.75 Å². The van der Waals surface area contributed by atoms with Gasteiger partial charge in [-0.05, 0) is 49.7 Å². The van der Waals surface area contributed by atoms with Crippen molar-refractivity contribution < 1.29 is 38.4 Å². The summed E-state index contributed by atoms with van der Waals surface area (Å²) in [4.78, 5) is 22.7. The summed E-state index contributed by atoms with van der Waals surface area (Å²) in [5.74, 6) is -1.03. The van der Waals surface area contributed by atoms with E-state index in [0.717, 1.165) is 5.69 Å². The Bertz CT molecular complexity index is 1210. The minimum absolute atomic E-state index is 0.168. The van der Waals surface area contributed by atoms with Crippen molar-refractivity contribution in [3.63, 3.8) is 0 Å². The molecule has 0 saturated carbocycles. The zero-order valence-corrected chi connectivity index (χ0v) is 20.2. The van der Waals surface area contributed by atoms with E-state index in [4.69, 9.17) is 19.1 Å². The molecule has 1 heterocycles. The van der Waals surface area contributed by atoms with Gasteiger partial charge in [-0.15, -0.1) is 0 Å². The number of aromatic nitrogens is 2. The summed E-state index contributed by atoms with van der Waals surface area (Å²) in [5.41, 5.74) is 2.37. The molecule has 0 saturated heterocycles. The van der Waals surface area contributed by atoms with Crippen molar-refractivity contribution in [1.82, 2.24) is 14.9 Å². The lowest BCUT2D eigenvalue weighted by molar-refractivity contribution is -0.138. The number of aryl methyl sites for hydroxylation is 1. The van der Waals surface area contributed by atoms with Crippen LogP contribution in [-0.4, -0.2) is 51.6 Å². The average Bonchev–Trinajstić information content (AvgIpc) is 3.20. The SMILES string of the molecule is COCP(=O)(N[C@@H](C)C(=O)O)Oc1ccc(C(OC(=O)O)c2cc(C)nn2-c2ccccc2)cc1. The highest BCUT2D eigenvalue weighted by Gasteiger charge is 2.30. The fraction of sp³-hybridized carbons (Fsp3) is 0.261. The standard InChI is InChI=1S/C23H26N3O8P/c1-15-13-20(26(24-15)18-7-5-4-6-8-18)21(33-23(29)30)17-9-11-19(12-10-17)34-35(31,14-32-3)25-16(2)22(27)28/h4-13,16,21H,14H2,1-3H3,(H,25,31)(H,27,28)(H,29,30)/t16-,21?,35?/m0/s1. The molecule has 11 nitrogen and oxygen atoms in total. The largest absolute Gasteiger partial charge is 0.506 e. The van der Waals surface area contributed by atoms with Gasteiger partial charge in [-0.3, -0.25) is 9.36 Å². The van der Waals surface area contributed by atoms with Gasteiger partial charge in [0.2, 0.25) is 0 Å². The third-order valence-electron chi connectivity index (χ3n) is 4.84. The topological polar surface area (TPSA) is 149 Å². The number of carboxylic acid groups (broad SMARTS) is 2. The number of nitrogens with zero attached hydrogens (tertiary/aromatic N) is 2. The Morgan fingerprint density at radius 3 is 2.34 bits per heavy atom. The Labute approximate surface area is 201 Å². The molecule has 0 bridgehead atoms. The maximum atomic E-state index is 13.1. The quantitative estimate of drug-likeness (QED) is 0.257. The first-order chi connectivity index (χ1) is 16.6. The predicted octanol–water partition coefficient (Wildman–Crippen LogP) is 4.20. The molecule has 3 rings (SSSR count). The molecule has 3 atom stereocenters. The molecule has 0 spiro atoms. The molecule has 3 aromatic rings. The molecule has 0 aliphatic carbocycles. The number of hydrogen-bond donors (Lipinski definition) is 3. The van der Waals surface area contributed by atoms with E-state index >= 15 is 0 Å². The number of rotatable bonds is 11. The van der Waals surface area contributed by atoms with Crippen molar-refractivity contribution in [3.8, 4) is 11.4 Å². The van der Waals surface area contributed by atoms with Crippen molar-refractivity contribution >= 4 is 19.6 Å². The second-order valence-electron chi connectivity index (χ2n) is 7.66. The number of hydrogen-bond acceptors (Lipinski definition) is 7. The molecule has 2 aromatic carbocycles. The summed E-state index contributed by atoms with van der Waals surface area (Å²) >= 11 is 0. The van der Waals surface area contributed by atoms with Gasteiger partial charge in [-0.2, -0.15) is 5.10 Å². The molecule has 0 fully saturated rings. The molecule has 186 valence electrons. The maximum absolute atomic E-state index is 13.1. The van der Waals surface area contributed by atoms with Crippen molar-refractivity contribution in [3.05, 3.63) is 77.6 Å². The van der Waals surface area contributed by atoms with E-state index in [1.54, 1.807) is 29.8 Å². The molecule has 0 radical (unpaired) electrons. The van der Waals surface area contributed by atoms with Crippen molar-refractivity contribution in [2.24, 2.45) is 0 Å². The van der Waals surface area contributed by atoms with Crippen LogP contribution in [0.4, 0.5) is 4.79 Å². The fourth-order valence-corrected chi connectivity index (χ4v) is 5.05. The van der Waals surface area contributed by atoms with Gasteiger partial charge >= 0.3 is 19.6 Å². The van der Waals surface area contributed by atoms with Crippen molar-refractivity contribution in [2.45, 2.75) is 26.0 Å². The maximum Gasteiger partial charge on any atom is 0.506 e. The number of carbonyl (C=O) groups is 2. The van der Waals surface area contributed by atoms with Gasteiger partial charge < -0.3 is 24.2 Å². The molecule has 0 amide bonds. The Balaban J connectivity index is 1.92. The zero-order chi connectivity index (χ0) is 25.6. The monoisotopic (exact) mass is 503 g/mol. The molecule has 3 N–H and O–H groups in total. The smallest absolute Gasteiger partial charge is 0.480 e. The lowest BCUT2D eigenvalue weighted by Gasteiger charge is -2.22. The summed E-state index contributed by atoms with van der Waals surface area (Å²) in [5, 5.41) is 25.4. The number of ether oxygens (including phenoxy) is 2. The van der Waals surface area contributed by atoms with Gasteiger partial charge in [0.25, 0.3) is 0 Å². The summed E-state index contributed by atoms with van der Waals surface area (Å²) < 4.78 is 30.4. The lowest BCUT2D eigenvalue weighted by atomic mass is 10.1. The van der Waals surface area contributed by atoms with Gasteiger partial charge in [0.1, 0.15) is 18.1 Å². The third-order valence-corrected chi connectivity index (χ3v) is 6.73. The number of benzene rings is 2. The van der Waals surface area contributed by atoms with Crippen LogP contribution in [0.1, 0.15) is 30.0 Å². The Hall–Kier alpha value is -3.66. The van der Waals surface area contributed by atoms with E-state index in [-0.39, 0.29) is 12.1 Å².